The summed E-state index contributed by atoms with van der Waals surface area (Å²) in [6.07, 6.45) is -0.0451. The molecule has 0 radical (unpaired) electrons. The van der Waals surface area contributed by atoms with Crippen molar-refractivity contribution in [2.24, 2.45) is 0 Å². The molecule has 9 heteroatoms. The van der Waals surface area contributed by atoms with Gasteiger partial charge >= 0.3 is 12.4 Å². The summed E-state index contributed by atoms with van der Waals surface area (Å²) in [5, 5.41) is 2.86. The van der Waals surface area contributed by atoms with Crippen molar-refractivity contribution in [1.29, 1.82) is 0 Å². The lowest BCUT2D eigenvalue weighted by atomic mass is 9.98. The third-order valence-corrected chi connectivity index (χ3v) is 5.80. The number of carbonyl (C=O) groups excluding carboxylic acids is 2. The van der Waals surface area contributed by atoms with Gasteiger partial charge in [0.2, 0.25) is 0 Å². The molecule has 0 aromatic heterocycles. The zero-order valence-corrected chi connectivity index (χ0v) is 15.3. The summed E-state index contributed by atoms with van der Waals surface area (Å²) in [6.45, 7) is 1.43. The number of alkyl halides is 3. The van der Waals surface area contributed by atoms with Crippen molar-refractivity contribution in [2.45, 2.75) is 50.4 Å². The van der Waals surface area contributed by atoms with Crippen molar-refractivity contribution in [3.63, 3.8) is 0 Å². The molecular weight excluding hydrogens is 375 g/mol. The Morgan fingerprint density at radius 1 is 1.11 bits per heavy atom. The van der Waals surface area contributed by atoms with Crippen molar-refractivity contribution >= 4 is 17.6 Å². The molecule has 1 aliphatic carbocycles. The normalized spacial score (nSPS) is 21.2. The first kappa shape index (κ1) is 18.9. The Morgan fingerprint density at radius 2 is 1.86 bits per heavy atom. The van der Waals surface area contributed by atoms with Crippen LogP contribution in [0.4, 0.5) is 23.7 Å². The number of carbonyl (C=O) groups is 2. The number of amides is 3. The number of aryl methyl sites for hydroxylation is 1. The van der Waals surface area contributed by atoms with Crippen LogP contribution in [0.5, 0.6) is 5.75 Å². The van der Waals surface area contributed by atoms with E-state index in [1.165, 1.54) is 17.0 Å². The first-order valence-corrected chi connectivity index (χ1v) is 9.55. The van der Waals surface area contributed by atoms with E-state index in [0.717, 1.165) is 37.1 Å². The number of urea groups is 1. The number of imide groups is 1. The van der Waals surface area contributed by atoms with E-state index in [9.17, 15) is 22.8 Å². The highest BCUT2D eigenvalue weighted by molar-refractivity contribution is 6.07. The Hall–Kier alpha value is -2.45. The largest absolute Gasteiger partial charge is 0.573 e. The molecule has 0 unspecified atom stereocenters. The lowest BCUT2D eigenvalue weighted by Gasteiger charge is -2.32. The second-order valence-electron chi connectivity index (χ2n) is 7.61. The fourth-order valence-electron chi connectivity index (χ4n) is 4.50. The maximum Gasteiger partial charge on any atom is 0.573 e. The van der Waals surface area contributed by atoms with Crippen LogP contribution in [0.1, 0.15) is 37.7 Å². The highest BCUT2D eigenvalue weighted by Gasteiger charge is 2.52. The third-order valence-electron chi connectivity index (χ3n) is 5.80. The molecule has 4 rings (SSSR count). The second kappa shape index (κ2) is 6.86. The standard InChI is InChI=1S/C19H22F3N3O3/c20-19(21,22)28-14-5-6-15-13(12-14)4-3-9-24(15)10-11-25-16(26)18(23-17(25)27)7-1-2-8-18/h5-6,12H,1-4,7-11H2,(H,23,27). The molecule has 0 atom stereocenters. The Labute approximate surface area is 160 Å². The van der Waals surface area contributed by atoms with E-state index in [0.29, 0.717) is 25.8 Å². The highest BCUT2D eigenvalue weighted by atomic mass is 19.4. The zero-order chi connectivity index (χ0) is 19.9. The van der Waals surface area contributed by atoms with E-state index >= 15 is 0 Å². The highest BCUT2D eigenvalue weighted by Crippen LogP contribution is 2.36. The number of rotatable bonds is 4. The molecule has 1 spiro atoms. The smallest absolute Gasteiger partial charge is 0.406 e. The van der Waals surface area contributed by atoms with Gasteiger partial charge in [-0.05, 0) is 49.4 Å². The first-order valence-electron chi connectivity index (χ1n) is 9.55. The summed E-state index contributed by atoms with van der Waals surface area (Å²) in [4.78, 5) is 28.3. The average Bonchev–Trinajstić information content (AvgIpc) is 3.18. The number of hydrogen-bond acceptors (Lipinski definition) is 4. The number of ether oxygens (including phenoxy) is 1. The molecule has 0 bridgehead atoms. The number of halogens is 3. The minimum absolute atomic E-state index is 0.152. The average molecular weight is 397 g/mol. The number of fused-ring (bicyclic) bond motifs is 1. The van der Waals surface area contributed by atoms with Crippen LogP contribution in [-0.4, -0.2) is 48.4 Å². The summed E-state index contributed by atoms with van der Waals surface area (Å²) in [6, 6.07) is 3.97. The monoisotopic (exact) mass is 397 g/mol. The summed E-state index contributed by atoms with van der Waals surface area (Å²) >= 11 is 0. The van der Waals surface area contributed by atoms with E-state index in [1.54, 1.807) is 6.07 Å². The maximum atomic E-state index is 12.7. The summed E-state index contributed by atoms with van der Waals surface area (Å²) in [7, 11) is 0. The molecule has 3 amide bonds. The van der Waals surface area contributed by atoms with Crippen LogP contribution in [0.15, 0.2) is 18.2 Å². The lowest BCUT2D eigenvalue weighted by Crippen LogP contribution is -2.45. The summed E-state index contributed by atoms with van der Waals surface area (Å²) in [5.41, 5.74) is 0.877. The summed E-state index contributed by atoms with van der Waals surface area (Å²) in [5.74, 6) is -0.383. The van der Waals surface area contributed by atoms with Gasteiger partial charge in [0.1, 0.15) is 11.3 Å². The van der Waals surface area contributed by atoms with Crippen molar-refractivity contribution in [1.82, 2.24) is 10.2 Å². The Bertz CT molecular complexity index is 790. The molecule has 2 aliphatic heterocycles. The van der Waals surface area contributed by atoms with Crippen LogP contribution in [0.3, 0.4) is 0 Å². The van der Waals surface area contributed by atoms with Crippen molar-refractivity contribution in [2.75, 3.05) is 24.5 Å². The van der Waals surface area contributed by atoms with Crippen LogP contribution in [0, 0.1) is 0 Å². The van der Waals surface area contributed by atoms with Gasteiger partial charge in [0.15, 0.2) is 0 Å². The van der Waals surface area contributed by atoms with Gasteiger partial charge in [-0.25, -0.2) is 4.79 Å². The quantitative estimate of drug-likeness (QED) is 0.793. The second-order valence-corrected chi connectivity index (χ2v) is 7.61. The fourth-order valence-corrected chi connectivity index (χ4v) is 4.50. The molecule has 2 fully saturated rings. The molecule has 3 aliphatic rings. The van der Waals surface area contributed by atoms with Gasteiger partial charge in [0, 0.05) is 25.3 Å². The van der Waals surface area contributed by atoms with Crippen LogP contribution < -0.4 is 15.0 Å². The van der Waals surface area contributed by atoms with Gasteiger partial charge in [-0.2, -0.15) is 0 Å². The van der Waals surface area contributed by atoms with Gasteiger partial charge in [0.05, 0.1) is 0 Å². The van der Waals surface area contributed by atoms with Crippen molar-refractivity contribution in [3.8, 4) is 5.75 Å². The Morgan fingerprint density at radius 3 is 2.57 bits per heavy atom. The van der Waals surface area contributed by atoms with E-state index in [4.69, 9.17) is 0 Å². The van der Waals surface area contributed by atoms with E-state index in [2.05, 4.69) is 10.1 Å². The van der Waals surface area contributed by atoms with E-state index < -0.39 is 11.9 Å². The van der Waals surface area contributed by atoms with Gasteiger partial charge in [0.25, 0.3) is 5.91 Å². The number of hydrogen-bond donors (Lipinski definition) is 1. The number of nitrogens with zero attached hydrogens (tertiary/aromatic N) is 2. The molecule has 152 valence electrons. The molecule has 6 nitrogen and oxygen atoms in total. The summed E-state index contributed by atoms with van der Waals surface area (Å²) < 4.78 is 41.3. The van der Waals surface area contributed by atoms with Crippen LogP contribution in [0.25, 0.3) is 0 Å². The predicted octanol–water partition coefficient (Wildman–Crippen LogP) is 3.20. The van der Waals surface area contributed by atoms with Crippen molar-refractivity contribution in [3.05, 3.63) is 23.8 Å². The van der Waals surface area contributed by atoms with Crippen LogP contribution in [0.2, 0.25) is 0 Å². The topological polar surface area (TPSA) is 61.9 Å². The fraction of sp³-hybridized carbons (Fsp3) is 0.579. The van der Waals surface area contributed by atoms with Gasteiger partial charge in [-0.1, -0.05) is 12.8 Å². The SMILES string of the molecule is O=C1NC2(CCCC2)C(=O)N1CCN1CCCc2cc(OC(F)(F)F)ccc21. The van der Waals surface area contributed by atoms with E-state index in [1.807, 2.05) is 4.90 Å². The third kappa shape index (κ3) is 3.49. The van der Waals surface area contributed by atoms with Crippen LogP contribution in [-0.2, 0) is 11.2 Å². The number of nitrogens with one attached hydrogen (secondary N) is 1. The molecule has 1 N–H and O–H groups in total. The number of anilines is 1. The Balaban J connectivity index is 1.44. The van der Waals surface area contributed by atoms with Gasteiger partial charge in [-0.15, -0.1) is 13.2 Å². The van der Waals surface area contributed by atoms with Gasteiger partial charge in [-0.3, -0.25) is 9.69 Å². The minimum atomic E-state index is -4.72. The molecular formula is C19H22F3N3O3. The van der Waals surface area contributed by atoms with Crippen LogP contribution >= 0.6 is 0 Å². The molecule has 1 saturated carbocycles. The number of benzene rings is 1. The Kier molecular flexibility index (Phi) is 4.63. The zero-order valence-electron chi connectivity index (χ0n) is 15.3. The molecule has 2 heterocycles. The molecule has 28 heavy (non-hydrogen) atoms. The lowest BCUT2D eigenvalue weighted by molar-refractivity contribution is -0.274. The molecule has 1 saturated heterocycles. The molecule has 1 aromatic rings. The first-order chi connectivity index (χ1) is 13.3. The maximum absolute atomic E-state index is 12.7. The van der Waals surface area contributed by atoms with Gasteiger partial charge < -0.3 is 15.0 Å². The van der Waals surface area contributed by atoms with E-state index in [-0.39, 0.29) is 24.2 Å². The minimum Gasteiger partial charge on any atom is -0.406 e. The predicted molar refractivity (Wildman–Crippen MR) is 95.1 cm³/mol. The molecule has 1 aromatic carbocycles. The van der Waals surface area contributed by atoms with Crippen molar-refractivity contribution < 1.29 is 27.5 Å².